The smallest absolute Gasteiger partial charge is 0.175 e. The van der Waals surface area contributed by atoms with Crippen LogP contribution in [0, 0.1) is 0 Å². The highest BCUT2D eigenvalue weighted by molar-refractivity contribution is 7.92. The molecule has 1 aromatic carbocycles. The van der Waals surface area contributed by atoms with Crippen LogP contribution in [0.15, 0.2) is 36.0 Å². The molecule has 0 fully saturated rings. The van der Waals surface area contributed by atoms with Crippen molar-refractivity contribution in [2.24, 2.45) is 0 Å². The van der Waals surface area contributed by atoms with Gasteiger partial charge in [0.05, 0.1) is 18.6 Å². The second-order valence-electron chi connectivity index (χ2n) is 4.09. The first-order valence-electron chi connectivity index (χ1n) is 5.60. The molecule has 1 aromatic rings. The Morgan fingerprint density at radius 2 is 1.95 bits per heavy atom. The molecule has 0 aromatic heterocycles. The highest BCUT2D eigenvalue weighted by atomic mass is 32.2. The Hall–Kier alpha value is -1.60. The Kier molecular flexibility index (Phi) is 4.06. The first kappa shape index (κ1) is 13.8. The van der Waals surface area contributed by atoms with Crippen molar-refractivity contribution in [2.45, 2.75) is 0 Å². The monoisotopic (exact) mass is 298 g/mol. The van der Waals surface area contributed by atoms with Crippen LogP contribution < -0.4 is 15.4 Å². The highest BCUT2D eigenvalue weighted by Crippen LogP contribution is 2.15. The molecule has 0 amide bonds. The molecule has 5 nitrogen and oxygen atoms in total. The van der Waals surface area contributed by atoms with Gasteiger partial charge in [0.2, 0.25) is 0 Å². The summed E-state index contributed by atoms with van der Waals surface area (Å²) in [5.41, 5.74) is 1.42. The molecular weight excluding hydrogens is 284 g/mol. The van der Waals surface area contributed by atoms with E-state index in [2.05, 4.69) is 10.6 Å². The fourth-order valence-electron chi connectivity index (χ4n) is 1.65. The number of sulfone groups is 1. The van der Waals surface area contributed by atoms with Gasteiger partial charge in [0, 0.05) is 11.4 Å². The molecule has 0 bridgehead atoms. The third-order valence-corrected chi connectivity index (χ3v) is 4.21. The molecular formula is C12H14N2O3S2. The zero-order valence-corrected chi connectivity index (χ0v) is 12.0. The number of methoxy groups -OCH3 is 1. The zero-order chi connectivity index (χ0) is 13.9. The lowest BCUT2D eigenvalue weighted by Gasteiger charge is -2.11. The molecule has 7 heteroatoms. The van der Waals surface area contributed by atoms with Gasteiger partial charge in [0.25, 0.3) is 0 Å². The third kappa shape index (κ3) is 3.93. The summed E-state index contributed by atoms with van der Waals surface area (Å²) in [5, 5.41) is 6.23. The lowest BCUT2D eigenvalue weighted by atomic mass is 10.3. The van der Waals surface area contributed by atoms with Gasteiger partial charge in [-0.2, -0.15) is 0 Å². The number of hydrogen-bond acceptors (Lipinski definition) is 4. The lowest BCUT2D eigenvalue weighted by Crippen LogP contribution is -2.29. The van der Waals surface area contributed by atoms with Crippen LogP contribution in [0.5, 0.6) is 5.75 Å². The molecule has 0 aliphatic carbocycles. The number of nitrogens with one attached hydrogen (secondary N) is 2. The number of ether oxygens (including phenoxy) is 1. The number of hydrogen-bond donors (Lipinski definition) is 2. The van der Waals surface area contributed by atoms with Gasteiger partial charge in [-0.15, -0.1) is 0 Å². The molecule has 0 saturated carbocycles. The van der Waals surface area contributed by atoms with Crippen molar-refractivity contribution < 1.29 is 13.2 Å². The summed E-state index contributed by atoms with van der Waals surface area (Å²) in [7, 11) is -1.38. The second-order valence-corrected chi connectivity index (χ2v) is 6.61. The van der Waals surface area contributed by atoms with Crippen LogP contribution in [-0.4, -0.2) is 32.1 Å². The molecule has 1 aliphatic rings. The molecule has 19 heavy (non-hydrogen) atoms. The zero-order valence-electron chi connectivity index (χ0n) is 10.3. The standard InChI is InChI=1S/C12H14N2O3S2/c1-17-11-4-2-9(3-5-11)13-12(18)14-10-6-7-19(15,16)8-10/h2-6H,7-8H2,1H3,(H2,13,14,18). The van der Waals surface area contributed by atoms with Crippen LogP contribution >= 0.6 is 12.2 Å². The fraction of sp³-hybridized carbons (Fsp3) is 0.250. The molecule has 1 heterocycles. The minimum atomic E-state index is -2.98. The maximum atomic E-state index is 11.3. The van der Waals surface area contributed by atoms with E-state index >= 15 is 0 Å². The van der Waals surface area contributed by atoms with Crippen LogP contribution in [0.4, 0.5) is 5.69 Å². The average molecular weight is 298 g/mol. The third-order valence-electron chi connectivity index (χ3n) is 2.58. The summed E-state index contributed by atoms with van der Waals surface area (Å²) in [6.07, 6.45) is 1.64. The maximum Gasteiger partial charge on any atom is 0.175 e. The number of rotatable bonds is 3. The summed E-state index contributed by atoms with van der Waals surface area (Å²) in [4.78, 5) is 0. The van der Waals surface area contributed by atoms with Gasteiger partial charge in [-0.25, -0.2) is 8.42 Å². The Morgan fingerprint density at radius 1 is 1.26 bits per heavy atom. The molecule has 2 rings (SSSR count). The number of anilines is 1. The van der Waals surface area contributed by atoms with Crippen LogP contribution in [-0.2, 0) is 9.84 Å². The van der Waals surface area contributed by atoms with E-state index in [1.807, 2.05) is 24.3 Å². The van der Waals surface area contributed by atoms with E-state index in [1.165, 1.54) is 0 Å². The molecule has 0 unspecified atom stereocenters. The molecule has 2 N–H and O–H groups in total. The van der Waals surface area contributed by atoms with Crippen LogP contribution in [0.2, 0.25) is 0 Å². The molecule has 0 saturated heterocycles. The van der Waals surface area contributed by atoms with E-state index < -0.39 is 9.84 Å². The van der Waals surface area contributed by atoms with Crippen LogP contribution in [0.1, 0.15) is 0 Å². The van der Waals surface area contributed by atoms with Gasteiger partial charge in [-0.3, -0.25) is 0 Å². The topological polar surface area (TPSA) is 67.4 Å². The Morgan fingerprint density at radius 3 is 2.47 bits per heavy atom. The van der Waals surface area contributed by atoms with Crippen molar-refractivity contribution in [3.8, 4) is 5.75 Å². The van der Waals surface area contributed by atoms with E-state index in [0.717, 1.165) is 11.4 Å². The molecule has 0 radical (unpaired) electrons. The summed E-state index contributed by atoms with van der Waals surface area (Å²) >= 11 is 5.12. The largest absolute Gasteiger partial charge is 0.497 e. The van der Waals surface area contributed by atoms with E-state index in [9.17, 15) is 8.42 Å². The molecule has 1 aliphatic heterocycles. The van der Waals surface area contributed by atoms with Gasteiger partial charge < -0.3 is 15.4 Å². The summed E-state index contributed by atoms with van der Waals surface area (Å²) < 4.78 is 27.6. The van der Waals surface area contributed by atoms with Crippen molar-refractivity contribution in [1.29, 1.82) is 0 Å². The molecule has 0 atom stereocenters. The van der Waals surface area contributed by atoms with Gasteiger partial charge in [-0.05, 0) is 42.6 Å². The summed E-state index contributed by atoms with van der Waals surface area (Å²) in [5.74, 6) is 0.840. The normalized spacial score (nSPS) is 16.6. The fourth-order valence-corrected chi connectivity index (χ4v) is 3.14. The maximum absolute atomic E-state index is 11.3. The minimum absolute atomic E-state index is 0.0113. The Balaban J connectivity index is 1.91. The SMILES string of the molecule is COc1ccc(NC(=S)NC2=CCS(=O)(=O)C2)cc1. The van der Waals surface area contributed by atoms with Crippen molar-refractivity contribution in [3.63, 3.8) is 0 Å². The summed E-state index contributed by atoms with van der Waals surface area (Å²) in [6.45, 7) is 0. The lowest BCUT2D eigenvalue weighted by molar-refractivity contribution is 0.415. The predicted molar refractivity (Wildman–Crippen MR) is 79.1 cm³/mol. The first-order chi connectivity index (χ1) is 8.98. The van der Waals surface area contributed by atoms with Crippen molar-refractivity contribution in [1.82, 2.24) is 5.32 Å². The highest BCUT2D eigenvalue weighted by Gasteiger charge is 2.20. The Bertz CT molecular complexity index is 606. The number of thiocarbonyl (C=S) groups is 1. The van der Waals surface area contributed by atoms with Gasteiger partial charge in [-0.1, -0.05) is 0 Å². The van der Waals surface area contributed by atoms with Gasteiger partial charge >= 0.3 is 0 Å². The van der Waals surface area contributed by atoms with Crippen molar-refractivity contribution in [2.75, 3.05) is 23.9 Å². The number of benzene rings is 1. The minimum Gasteiger partial charge on any atom is -0.497 e. The van der Waals surface area contributed by atoms with E-state index in [0.29, 0.717) is 10.8 Å². The quantitative estimate of drug-likeness (QED) is 0.820. The van der Waals surface area contributed by atoms with E-state index in [-0.39, 0.29) is 11.5 Å². The average Bonchev–Trinajstić information content (AvgIpc) is 2.69. The summed E-state index contributed by atoms with van der Waals surface area (Å²) in [6, 6.07) is 7.27. The Labute approximate surface area is 117 Å². The van der Waals surface area contributed by atoms with Crippen LogP contribution in [0.3, 0.4) is 0 Å². The second kappa shape index (κ2) is 5.58. The van der Waals surface area contributed by atoms with Crippen molar-refractivity contribution >= 4 is 32.9 Å². The van der Waals surface area contributed by atoms with Crippen LogP contribution in [0.25, 0.3) is 0 Å². The molecule has 0 spiro atoms. The predicted octanol–water partition coefficient (Wildman–Crippen LogP) is 1.29. The first-order valence-corrected chi connectivity index (χ1v) is 7.83. The molecule has 102 valence electrons. The van der Waals surface area contributed by atoms with E-state index in [4.69, 9.17) is 17.0 Å². The van der Waals surface area contributed by atoms with Gasteiger partial charge in [0.15, 0.2) is 14.9 Å². The van der Waals surface area contributed by atoms with Gasteiger partial charge in [0.1, 0.15) is 5.75 Å². The van der Waals surface area contributed by atoms with Crippen molar-refractivity contribution in [3.05, 3.63) is 36.0 Å². The van der Waals surface area contributed by atoms with E-state index in [1.54, 1.807) is 13.2 Å².